The second-order valence-corrected chi connectivity index (χ2v) is 13.1. The van der Waals surface area contributed by atoms with E-state index in [2.05, 4.69) is 34.2 Å². The maximum atomic E-state index is 13.3. The van der Waals surface area contributed by atoms with E-state index in [4.69, 9.17) is 9.57 Å². The molecule has 2 N–H and O–H groups in total. The molecule has 1 saturated heterocycles. The van der Waals surface area contributed by atoms with Crippen molar-refractivity contribution in [2.45, 2.75) is 49.9 Å². The van der Waals surface area contributed by atoms with Crippen LogP contribution in [0.5, 0.6) is 0 Å². The summed E-state index contributed by atoms with van der Waals surface area (Å²) >= 11 is 2.79. The third-order valence-electron chi connectivity index (χ3n) is 7.33. The number of thiophene rings is 1. The minimum Gasteiger partial charge on any atom is -0.378 e. The summed E-state index contributed by atoms with van der Waals surface area (Å²) in [5.41, 5.74) is 1.56. The number of carbonyl (C=O) groups excluding carboxylic acids is 2. The minimum absolute atomic E-state index is 0.211. The highest BCUT2D eigenvalue weighted by Crippen LogP contribution is 2.46. The Kier molecular flexibility index (Phi) is 7.62. The standard InChI is InChI=1S/C29H29F3N4O4S2/c1-28(2)15-22-24(25(37)34-28)42-27(36(22)40-26(38)29(30,31)32)35-9-10-39-16-21(35)13-17-4-3-5-19(12-17)33-20-6-7-23-18(14-20)8-11-41-23/h3-8,11-12,14,21,27,33H,9-10,13,15-16H2,1-2H3,(H,34,37). The molecule has 3 aliphatic rings. The predicted octanol–water partition coefficient (Wildman–Crippen LogP) is 5.75. The Morgan fingerprint density at radius 2 is 2.00 bits per heavy atom. The van der Waals surface area contributed by atoms with E-state index in [9.17, 15) is 22.8 Å². The second-order valence-electron chi connectivity index (χ2n) is 11.1. The lowest BCUT2D eigenvalue weighted by Gasteiger charge is -2.42. The van der Waals surface area contributed by atoms with Gasteiger partial charge in [-0.25, -0.2) is 4.79 Å². The number of morpholine rings is 1. The number of ether oxygens (including phenoxy) is 1. The number of thioether (sulfide) groups is 1. The van der Waals surface area contributed by atoms with Gasteiger partial charge in [-0.15, -0.1) is 11.3 Å². The number of halogens is 3. The number of amides is 1. The van der Waals surface area contributed by atoms with Gasteiger partial charge < -0.3 is 20.2 Å². The largest absolute Gasteiger partial charge is 0.493 e. The Labute approximate surface area is 248 Å². The predicted molar refractivity (Wildman–Crippen MR) is 156 cm³/mol. The fourth-order valence-corrected chi connectivity index (χ4v) is 7.58. The third-order valence-corrected chi connectivity index (χ3v) is 9.56. The fourth-order valence-electron chi connectivity index (χ4n) is 5.46. The zero-order chi connectivity index (χ0) is 29.6. The Bertz CT molecular complexity index is 1560. The van der Waals surface area contributed by atoms with Crippen LogP contribution in [0.25, 0.3) is 10.1 Å². The number of hydroxylamine groups is 2. The summed E-state index contributed by atoms with van der Waals surface area (Å²) in [6.45, 7) is 4.60. The lowest BCUT2D eigenvalue weighted by Crippen LogP contribution is -2.56. The van der Waals surface area contributed by atoms with E-state index in [1.54, 1.807) is 25.2 Å². The van der Waals surface area contributed by atoms with Crippen molar-refractivity contribution in [1.29, 1.82) is 0 Å². The van der Waals surface area contributed by atoms with E-state index in [1.807, 2.05) is 35.2 Å². The van der Waals surface area contributed by atoms with Crippen molar-refractivity contribution in [2.75, 3.05) is 25.1 Å². The first kappa shape index (κ1) is 28.8. The van der Waals surface area contributed by atoms with Crippen molar-refractivity contribution in [2.24, 2.45) is 0 Å². The lowest BCUT2D eigenvalue weighted by molar-refractivity contribution is -0.243. The number of hydrogen-bond donors (Lipinski definition) is 2. The number of carbonyl (C=O) groups is 2. The van der Waals surface area contributed by atoms with Crippen LogP contribution in [0.3, 0.4) is 0 Å². The van der Waals surface area contributed by atoms with Crippen LogP contribution in [-0.4, -0.2) is 64.9 Å². The summed E-state index contributed by atoms with van der Waals surface area (Å²) in [7, 11) is 0. The highest BCUT2D eigenvalue weighted by Gasteiger charge is 2.51. The Balaban J connectivity index is 1.24. The number of fused-ring (bicyclic) bond motifs is 1. The molecule has 2 aromatic carbocycles. The summed E-state index contributed by atoms with van der Waals surface area (Å²) in [6.07, 6.45) is -4.45. The fraction of sp³-hybridized carbons (Fsp3) is 0.379. The molecule has 3 aromatic rings. The molecule has 13 heteroatoms. The molecule has 0 saturated carbocycles. The van der Waals surface area contributed by atoms with Gasteiger partial charge in [-0.2, -0.15) is 18.2 Å². The van der Waals surface area contributed by atoms with Crippen molar-refractivity contribution in [3.8, 4) is 0 Å². The topological polar surface area (TPSA) is 83.1 Å². The van der Waals surface area contributed by atoms with E-state index in [0.29, 0.717) is 26.2 Å². The summed E-state index contributed by atoms with van der Waals surface area (Å²) in [4.78, 5) is 32.1. The first-order valence-corrected chi connectivity index (χ1v) is 15.2. The summed E-state index contributed by atoms with van der Waals surface area (Å²) in [5, 5.41) is 10.5. The SMILES string of the molecule is CC1(C)CC2=C(SC(N3CCOCC3Cc3cccc(Nc4ccc5sccc5c4)c3)N2OC(=O)C(F)(F)F)C(=O)N1. The van der Waals surface area contributed by atoms with Gasteiger partial charge in [0.1, 0.15) is 0 Å². The molecule has 1 aromatic heterocycles. The smallest absolute Gasteiger partial charge is 0.378 e. The summed E-state index contributed by atoms with van der Waals surface area (Å²) in [6, 6.07) is 16.0. The maximum Gasteiger partial charge on any atom is 0.493 e. The second kappa shape index (κ2) is 11.1. The molecule has 2 unspecified atom stereocenters. The van der Waals surface area contributed by atoms with Gasteiger partial charge in [0, 0.05) is 40.6 Å². The third kappa shape index (κ3) is 5.96. The molecule has 42 heavy (non-hydrogen) atoms. The molecule has 1 fully saturated rings. The summed E-state index contributed by atoms with van der Waals surface area (Å²) in [5.74, 6) is -2.72. The molecule has 222 valence electrons. The van der Waals surface area contributed by atoms with Crippen LogP contribution < -0.4 is 10.6 Å². The van der Waals surface area contributed by atoms with Crippen molar-refractivity contribution in [1.82, 2.24) is 15.3 Å². The molecule has 4 heterocycles. The van der Waals surface area contributed by atoms with Crippen LogP contribution in [0, 0.1) is 0 Å². The van der Waals surface area contributed by atoms with Gasteiger partial charge in [0.2, 0.25) is 0 Å². The molecule has 3 aliphatic heterocycles. The van der Waals surface area contributed by atoms with Crippen LogP contribution in [0.1, 0.15) is 25.8 Å². The van der Waals surface area contributed by atoms with E-state index in [-0.39, 0.29) is 23.1 Å². The lowest BCUT2D eigenvalue weighted by atomic mass is 9.94. The monoisotopic (exact) mass is 618 g/mol. The highest BCUT2D eigenvalue weighted by molar-refractivity contribution is 8.04. The van der Waals surface area contributed by atoms with Gasteiger partial charge in [-0.1, -0.05) is 23.9 Å². The highest BCUT2D eigenvalue weighted by atomic mass is 32.2. The van der Waals surface area contributed by atoms with Crippen LogP contribution in [-0.2, 0) is 25.6 Å². The van der Waals surface area contributed by atoms with E-state index < -0.39 is 29.1 Å². The van der Waals surface area contributed by atoms with Crippen molar-refractivity contribution in [3.63, 3.8) is 0 Å². The molecular formula is C29H29F3N4O4S2. The average Bonchev–Trinajstić information content (AvgIpc) is 3.53. The van der Waals surface area contributed by atoms with Gasteiger partial charge >= 0.3 is 12.1 Å². The molecule has 2 atom stereocenters. The number of benzene rings is 2. The van der Waals surface area contributed by atoms with E-state index >= 15 is 0 Å². The van der Waals surface area contributed by atoms with Gasteiger partial charge in [-0.3, -0.25) is 9.69 Å². The number of alkyl halides is 3. The number of anilines is 2. The van der Waals surface area contributed by atoms with Crippen LogP contribution in [0.4, 0.5) is 24.5 Å². The molecule has 0 aliphatic carbocycles. The van der Waals surface area contributed by atoms with E-state index in [0.717, 1.165) is 39.1 Å². The van der Waals surface area contributed by atoms with Gasteiger partial charge in [0.15, 0.2) is 5.50 Å². The van der Waals surface area contributed by atoms with Crippen molar-refractivity contribution < 1.29 is 32.3 Å². The van der Waals surface area contributed by atoms with Crippen molar-refractivity contribution in [3.05, 3.63) is 70.1 Å². The normalized spacial score (nSPS) is 22.7. The van der Waals surface area contributed by atoms with Gasteiger partial charge in [-0.05, 0) is 73.0 Å². The Hall–Kier alpha value is -3.26. The number of hydrogen-bond acceptors (Lipinski definition) is 9. The van der Waals surface area contributed by atoms with Crippen molar-refractivity contribution >= 4 is 56.4 Å². The van der Waals surface area contributed by atoms with Crippen LogP contribution in [0.2, 0.25) is 0 Å². The molecule has 0 bridgehead atoms. The number of nitrogens with one attached hydrogen (secondary N) is 2. The zero-order valence-corrected chi connectivity index (χ0v) is 24.5. The quantitative estimate of drug-likeness (QED) is 0.362. The number of nitrogens with zero attached hydrogens (tertiary/aromatic N) is 2. The maximum absolute atomic E-state index is 13.3. The molecule has 6 rings (SSSR count). The first-order valence-electron chi connectivity index (χ1n) is 13.4. The molecule has 1 amide bonds. The minimum atomic E-state index is -5.18. The van der Waals surface area contributed by atoms with Crippen LogP contribution >= 0.6 is 23.1 Å². The molecule has 8 nitrogen and oxygen atoms in total. The average molecular weight is 619 g/mol. The van der Waals surface area contributed by atoms with Gasteiger partial charge in [0.25, 0.3) is 5.91 Å². The van der Waals surface area contributed by atoms with Gasteiger partial charge in [0.05, 0.1) is 23.8 Å². The first-order chi connectivity index (χ1) is 20.0. The molecular weight excluding hydrogens is 589 g/mol. The van der Waals surface area contributed by atoms with E-state index in [1.165, 1.54) is 4.70 Å². The number of rotatable bonds is 6. The molecule has 0 spiro atoms. The van der Waals surface area contributed by atoms with Crippen LogP contribution in [0.15, 0.2) is 64.5 Å². The zero-order valence-electron chi connectivity index (χ0n) is 22.9. The Morgan fingerprint density at radius 1 is 1.19 bits per heavy atom. The molecule has 0 radical (unpaired) electrons. The Morgan fingerprint density at radius 3 is 2.81 bits per heavy atom. The summed E-state index contributed by atoms with van der Waals surface area (Å²) < 4.78 is 46.9.